The van der Waals surface area contributed by atoms with Gasteiger partial charge in [-0.3, -0.25) is 4.79 Å². The molecule has 0 saturated carbocycles. The first-order valence-corrected chi connectivity index (χ1v) is 16.8. The van der Waals surface area contributed by atoms with E-state index < -0.39 is 17.6 Å². The SMILES string of the molecule is CC/C=C\C/C=C\C/C=C\C/C=C\C/C=C\C/C=C\CCC(=O)N[C@@H](CSSc1ccccn1)C(=O)OC(C)(C)C. The highest BCUT2D eigenvalue weighted by Gasteiger charge is 2.26. The summed E-state index contributed by atoms with van der Waals surface area (Å²) in [6.07, 6.45) is 34.4. The van der Waals surface area contributed by atoms with Gasteiger partial charge < -0.3 is 10.1 Å². The quantitative estimate of drug-likeness (QED) is 0.0920. The van der Waals surface area contributed by atoms with Crippen molar-refractivity contribution in [1.82, 2.24) is 10.3 Å². The number of nitrogens with zero attached hydrogens (tertiary/aromatic N) is 1. The molecule has 1 N–H and O–H groups in total. The highest BCUT2D eigenvalue weighted by molar-refractivity contribution is 8.76. The first-order valence-electron chi connectivity index (χ1n) is 14.4. The van der Waals surface area contributed by atoms with Gasteiger partial charge in [0.15, 0.2) is 0 Å². The average molecular weight is 597 g/mol. The number of ether oxygens (including phenoxy) is 1. The fourth-order valence-corrected chi connectivity index (χ4v) is 5.27. The van der Waals surface area contributed by atoms with Crippen molar-refractivity contribution in [3.8, 4) is 0 Å². The molecule has 1 rings (SSSR count). The monoisotopic (exact) mass is 596 g/mol. The van der Waals surface area contributed by atoms with Crippen molar-refractivity contribution < 1.29 is 14.3 Å². The van der Waals surface area contributed by atoms with Gasteiger partial charge in [-0.15, -0.1) is 0 Å². The smallest absolute Gasteiger partial charge is 0.330 e. The summed E-state index contributed by atoms with van der Waals surface area (Å²) in [6.45, 7) is 7.61. The summed E-state index contributed by atoms with van der Waals surface area (Å²) in [5.74, 6) is -0.195. The maximum Gasteiger partial charge on any atom is 0.330 e. The molecule has 0 aliphatic heterocycles. The van der Waals surface area contributed by atoms with Gasteiger partial charge in [0.1, 0.15) is 16.7 Å². The summed E-state index contributed by atoms with van der Waals surface area (Å²) in [5, 5.41) is 3.70. The zero-order chi connectivity index (χ0) is 30.0. The molecule has 0 aromatic carbocycles. The number of nitrogens with one attached hydrogen (secondary N) is 1. The summed E-state index contributed by atoms with van der Waals surface area (Å²) < 4.78 is 5.52. The summed E-state index contributed by atoms with van der Waals surface area (Å²) in [6, 6.07) is 4.96. The van der Waals surface area contributed by atoms with Crippen LogP contribution in [0.1, 0.15) is 79.1 Å². The number of carbonyl (C=O) groups excluding carboxylic acids is 2. The lowest BCUT2D eigenvalue weighted by molar-refractivity contribution is -0.157. The lowest BCUT2D eigenvalue weighted by Crippen LogP contribution is -2.45. The molecule has 1 amide bonds. The Bertz CT molecular complexity index is 1020. The fourth-order valence-electron chi connectivity index (χ4n) is 3.22. The standard InChI is InChI=1S/C34H48N2O3S2/c1-5-6-7-8-9-10-11-12-13-14-15-16-17-18-19-20-21-22-23-26-31(37)36-30(33(38)39-34(2,3)4)29-40-41-32-27-24-25-28-35-32/h6-7,9-10,12-13,15-16,18-19,21-22,24-25,27-28,30H,5,8,11,14,17,20,23,26,29H2,1-4H3,(H,36,37)/b7-6-,10-9-,13-12-,16-15-,19-18-,22-21-/t30-/m0/s1. The van der Waals surface area contributed by atoms with Crippen molar-refractivity contribution in [2.24, 2.45) is 0 Å². The van der Waals surface area contributed by atoms with Crippen molar-refractivity contribution in [3.05, 3.63) is 97.3 Å². The molecule has 1 heterocycles. The predicted octanol–water partition coefficient (Wildman–Crippen LogP) is 9.13. The molecule has 0 radical (unpaired) electrons. The van der Waals surface area contributed by atoms with Crippen molar-refractivity contribution in [2.45, 2.75) is 95.7 Å². The molecule has 224 valence electrons. The molecule has 1 aromatic heterocycles. The predicted molar refractivity (Wildman–Crippen MR) is 178 cm³/mol. The van der Waals surface area contributed by atoms with E-state index in [4.69, 9.17) is 4.74 Å². The summed E-state index contributed by atoms with van der Waals surface area (Å²) in [4.78, 5) is 29.5. The number of carbonyl (C=O) groups is 2. The maximum atomic E-state index is 12.7. The van der Waals surface area contributed by atoms with Gasteiger partial charge in [-0.25, -0.2) is 9.78 Å². The molecule has 0 aliphatic rings. The van der Waals surface area contributed by atoms with Crippen molar-refractivity contribution in [1.29, 1.82) is 0 Å². The topological polar surface area (TPSA) is 68.3 Å². The molecule has 1 atom stereocenters. The molecule has 41 heavy (non-hydrogen) atoms. The molecular weight excluding hydrogens is 549 g/mol. The zero-order valence-electron chi connectivity index (χ0n) is 25.2. The Morgan fingerprint density at radius 3 is 1.88 bits per heavy atom. The van der Waals surface area contributed by atoms with Gasteiger partial charge in [0.05, 0.1) is 0 Å². The Balaban J connectivity index is 2.26. The highest BCUT2D eigenvalue weighted by atomic mass is 33.1. The van der Waals surface area contributed by atoms with Crippen LogP contribution in [0.2, 0.25) is 0 Å². The number of allylic oxidation sites excluding steroid dienone is 12. The van der Waals surface area contributed by atoms with E-state index in [-0.39, 0.29) is 5.91 Å². The molecule has 0 spiro atoms. The van der Waals surface area contributed by atoms with Crippen LogP contribution in [0.3, 0.4) is 0 Å². The summed E-state index contributed by atoms with van der Waals surface area (Å²) >= 11 is 0. The molecule has 0 bridgehead atoms. The van der Waals surface area contributed by atoms with Crippen LogP contribution in [-0.4, -0.2) is 34.3 Å². The Morgan fingerprint density at radius 1 is 0.854 bits per heavy atom. The number of aromatic nitrogens is 1. The third-order valence-electron chi connectivity index (χ3n) is 5.18. The molecule has 5 nitrogen and oxygen atoms in total. The highest BCUT2D eigenvalue weighted by Crippen LogP contribution is 2.29. The van der Waals surface area contributed by atoms with Gasteiger partial charge in [0.25, 0.3) is 0 Å². The first-order chi connectivity index (χ1) is 19.8. The number of hydrogen-bond donors (Lipinski definition) is 1. The van der Waals surface area contributed by atoms with E-state index in [1.54, 1.807) is 6.20 Å². The zero-order valence-corrected chi connectivity index (χ0v) is 26.8. The van der Waals surface area contributed by atoms with Crippen LogP contribution in [0.15, 0.2) is 102 Å². The molecule has 0 fully saturated rings. The maximum absolute atomic E-state index is 12.7. The summed E-state index contributed by atoms with van der Waals surface area (Å²) in [5.41, 5.74) is -0.620. The number of amides is 1. The molecule has 0 aliphatic carbocycles. The van der Waals surface area contributed by atoms with Crippen LogP contribution in [-0.2, 0) is 14.3 Å². The Kier molecular flexibility index (Phi) is 21.1. The second-order valence-corrected chi connectivity index (χ2v) is 12.5. The van der Waals surface area contributed by atoms with E-state index in [1.807, 2.05) is 45.0 Å². The number of esters is 1. The van der Waals surface area contributed by atoms with Gasteiger partial charge in [0, 0.05) is 18.4 Å². The molecule has 1 aromatic rings. The van der Waals surface area contributed by atoms with Crippen LogP contribution in [0.5, 0.6) is 0 Å². The van der Waals surface area contributed by atoms with Crippen LogP contribution >= 0.6 is 21.6 Å². The molecule has 7 heteroatoms. The van der Waals surface area contributed by atoms with Gasteiger partial charge in [-0.2, -0.15) is 0 Å². The van der Waals surface area contributed by atoms with E-state index in [9.17, 15) is 9.59 Å². The van der Waals surface area contributed by atoms with E-state index in [1.165, 1.54) is 21.6 Å². The third kappa shape index (κ3) is 22.6. The Morgan fingerprint density at radius 2 is 1.39 bits per heavy atom. The van der Waals surface area contributed by atoms with E-state index in [2.05, 4.69) is 84.1 Å². The average Bonchev–Trinajstić information content (AvgIpc) is 2.93. The van der Waals surface area contributed by atoms with Crippen LogP contribution in [0.25, 0.3) is 0 Å². The van der Waals surface area contributed by atoms with Crippen molar-refractivity contribution >= 4 is 33.5 Å². The largest absolute Gasteiger partial charge is 0.458 e. The van der Waals surface area contributed by atoms with E-state index >= 15 is 0 Å². The van der Waals surface area contributed by atoms with Gasteiger partial charge >= 0.3 is 5.97 Å². The second kappa shape index (κ2) is 23.9. The third-order valence-corrected chi connectivity index (χ3v) is 7.45. The Labute approximate surface area is 256 Å². The molecule has 0 saturated heterocycles. The van der Waals surface area contributed by atoms with Crippen LogP contribution < -0.4 is 5.32 Å². The first kappa shape index (κ1) is 36.3. The second-order valence-electron chi connectivity index (χ2n) is 10.1. The molecular formula is C34H48N2O3S2. The minimum atomic E-state index is -0.715. The van der Waals surface area contributed by atoms with Crippen molar-refractivity contribution in [2.75, 3.05) is 5.75 Å². The lowest BCUT2D eigenvalue weighted by atomic mass is 10.2. The minimum Gasteiger partial charge on any atom is -0.458 e. The summed E-state index contributed by atoms with van der Waals surface area (Å²) in [7, 11) is 2.94. The van der Waals surface area contributed by atoms with Gasteiger partial charge in [-0.05, 0) is 88.6 Å². The normalized spacial score (nSPS) is 13.5. The number of rotatable bonds is 20. The fraction of sp³-hybridized carbons (Fsp3) is 0.441. The number of pyridine rings is 1. The van der Waals surface area contributed by atoms with Gasteiger partial charge in [-0.1, -0.05) is 96.7 Å². The van der Waals surface area contributed by atoms with Gasteiger partial charge in [0.2, 0.25) is 5.91 Å². The molecule has 0 unspecified atom stereocenters. The van der Waals surface area contributed by atoms with Crippen LogP contribution in [0.4, 0.5) is 0 Å². The Hall–Kier alpha value is -2.77. The number of hydrogen-bond acceptors (Lipinski definition) is 6. The lowest BCUT2D eigenvalue weighted by Gasteiger charge is -2.24. The van der Waals surface area contributed by atoms with Crippen molar-refractivity contribution in [3.63, 3.8) is 0 Å². The van der Waals surface area contributed by atoms with E-state index in [0.29, 0.717) is 18.6 Å². The minimum absolute atomic E-state index is 0.163. The van der Waals surface area contributed by atoms with E-state index in [0.717, 1.165) is 43.6 Å². The van der Waals surface area contributed by atoms with Crippen LogP contribution in [0, 0.1) is 0 Å².